The minimum atomic E-state index is -0.637. The summed E-state index contributed by atoms with van der Waals surface area (Å²) in [5, 5.41) is 13.1. The van der Waals surface area contributed by atoms with Crippen LogP contribution in [-0.2, 0) is 0 Å². The van der Waals surface area contributed by atoms with Gasteiger partial charge in [0.15, 0.2) is 0 Å². The van der Waals surface area contributed by atoms with Gasteiger partial charge in [0.25, 0.3) is 0 Å². The van der Waals surface area contributed by atoms with Gasteiger partial charge in [-0.1, -0.05) is 13.8 Å². The fourth-order valence-corrected chi connectivity index (χ4v) is 1.43. The molecule has 0 amide bonds. The summed E-state index contributed by atoms with van der Waals surface area (Å²) in [5.41, 5.74) is -0.637. The molecule has 92 valence electrons. The summed E-state index contributed by atoms with van der Waals surface area (Å²) in [7, 11) is 0. The first-order valence-corrected chi connectivity index (χ1v) is 6.09. The molecule has 15 heavy (non-hydrogen) atoms. The largest absolute Gasteiger partial charge is 0.389 e. The normalized spacial score (nSPS) is 14.6. The van der Waals surface area contributed by atoms with Crippen LogP contribution >= 0.6 is 0 Å². The van der Waals surface area contributed by atoms with E-state index in [1.54, 1.807) is 0 Å². The molecule has 0 rings (SSSR count). The molecule has 0 spiro atoms. The van der Waals surface area contributed by atoms with Crippen LogP contribution in [0.1, 0.15) is 41.0 Å². The number of likely N-dealkylation sites (N-methyl/N-ethyl adjacent to an activating group) is 1. The molecule has 0 heterocycles. The molecule has 3 nitrogen and oxygen atoms in total. The van der Waals surface area contributed by atoms with Crippen LogP contribution in [0.3, 0.4) is 0 Å². The Hall–Kier alpha value is -0.120. The highest BCUT2D eigenvalue weighted by molar-refractivity contribution is 4.79. The lowest BCUT2D eigenvalue weighted by molar-refractivity contribution is 0.0435. The lowest BCUT2D eigenvalue weighted by atomic mass is 10.0. The number of rotatable bonds is 8. The Morgan fingerprint density at radius 3 is 2.27 bits per heavy atom. The van der Waals surface area contributed by atoms with Crippen LogP contribution < -0.4 is 5.32 Å². The Balaban J connectivity index is 3.68. The molecule has 0 aliphatic carbocycles. The van der Waals surface area contributed by atoms with E-state index in [-0.39, 0.29) is 6.04 Å². The van der Waals surface area contributed by atoms with Crippen LogP contribution in [-0.4, -0.2) is 47.8 Å². The fourth-order valence-electron chi connectivity index (χ4n) is 1.43. The predicted octanol–water partition coefficient (Wildman–Crippen LogP) is 1.47. The first-order valence-electron chi connectivity index (χ1n) is 6.09. The summed E-state index contributed by atoms with van der Waals surface area (Å²) in [4.78, 5) is 2.42. The Bertz CT molecular complexity index is 154. The summed E-state index contributed by atoms with van der Waals surface area (Å²) in [6.07, 6.45) is 1.20. The van der Waals surface area contributed by atoms with Crippen molar-refractivity contribution < 1.29 is 5.11 Å². The van der Waals surface area contributed by atoms with Gasteiger partial charge >= 0.3 is 0 Å². The van der Waals surface area contributed by atoms with E-state index in [4.69, 9.17) is 0 Å². The zero-order valence-corrected chi connectivity index (χ0v) is 11.0. The topological polar surface area (TPSA) is 35.5 Å². The molecule has 1 atom stereocenters. The lowest BCUT2D eigenvalue weighted by Crippen LogP contribution is -2.47. The van der Waals surface area contributed by atoms with Gasteiger partial charge in [-0.25, -0.2) is 0 Å². The van der Waals surface area contributed by atoms with Gasteiger partial charge in [0, 0.05) is 19.1 Å². The SMILES string of the molecule is CCCN(CC)CCNC(C)C(C)(C)O. The maximum Gasteiger partial charge on any atom is 0.0741 e. The van der Waals surface area contributed by atoms with E-state index in [1.807, 2.05) is 20.8 Å². The van der Waals surface area contributed by atoms with Crippen molar-refractivity contribution >= 4 is 0 Å². The molecular weight excluding hydrogens is 188 g/mol. The molecule has 0 saturated heterocycles. The minimum Gasteiger partial charge on any atom is -0.389 e. The average Bonchev–Trinajstić information content (AvgIpc) is 2.14. The number of nitrogens with one attached hydrogen (secondary N) is 1. The number of hydrogen-bond donors (Lipinski definition) is 2. The van der Waals surface area contributed by atoms with Crippen molar-refractivity contribution in [3.8, 4) is 0 Å². The predicted molar refractivity (Wildman–Crippen MR) is 66.2 cm³/mol. The lowest BCUT2D eigenvalue weighted by Gasteiger charge is -2.28. The van der Waals surface area contributed by atoms with Crippen molar-refractivity contribution in [1.29, 1.82) is 0 Å². The van der Waals surface area contributed by atoms with Crippen LogP contribution in [0.15, 0.2) is 0 Å². The van der Waals surface area contributed by atoms with Crippen molar-refractivity contribution in [3.63, 3.8) is 0 Å². The van der Waals surface area contributed by atoms with Crippen molar-refractivity contribution in [2.45, 2.75) is 52.7 Å². The first kappa shape index (κ1) is 14.9. The second-order valence-corrected chi connectivity index (χ2v) is 4.76. The zero-order chi connectivity index (χ0) is 11.9. The quantitative estimate of drug-likeness (QED) is 0.645. The van der Waals surface area contributed by atoms with Crippen LogP contribution in [0.2, 0.25) is 0 Å². The molecule has 0 aliphatic rings. The fraction of sp³-hybridized carbons (Fsp3) is 1.00. The Labute approximate surface area is 94.9 Å². The number of aliphatic hydroxyl groups is 1. The van der Waals surface area contributed by atoms with E-state index in [0.29, 0.717) is 0 Å². The third kappa shape index (κ3) is 6.88. The minimum absolute atomic E-state index is 0.137. The zero-order valence-electron chi connectivity index (χ0n) is 11.0. The highest BCUT2D eigenvalue weighted by atomic mass is 16.3. The second kappa shape index (κ2) is 7.20. The second-order valence-electron chi connectivity index (χ2n) is 4.76. The van der Waals surface area contributed by atoms with Gasteiger partial charge in [-0.2, -0.15) is 0 Å². The van der Waals surface area contributed by atoms with Crippen molar-refractivity contribution in [2.75, 3.05) is 26.2 Å². The molecule has 0 radical (unpaired) electrons. The summed E-state index contributed by atoms with van der Waals surface area (Å²) in [5.74, 6) is 0. The Morgan fingerprint density at radius 1 is 1.27 bits per heavy atom. The molecule has 0 bridgehead atoms. The molecule has 3 heteroatoms. The van der Waals surface area contributed by atoms with Gasteiger partial charge in [0.2, 0.25) is 0 Å². The van der Waals surface area contributed by atoms with E-state index >= 15 is 0 Å². The smallest absolute Gasteiger partial charge is 0.0741 e. The van der Waals surface area contributed by atoms with Crippen LogP contribution in [0.5, 0.6) is 0 Å². The summed E-state index contributed by atoms with van der Waals surface area (Å²) >= 11 is 0. The standard InChI is InChI=1S/C12H28N2O/c1-6-9-14(7-2)10-8-13-11(3)12(4,5)15/h11,13,15H,6-10H2,1-5H3. The van der Waals surface area contributed by atoms with Gasteiger partial charge in [-0.3, -0.25) is 0 Å². The van der Waals surface area contributed by atoms with Crippen LogP contribution in [0.4, 0.5) is 0 Å². The van der Waals surface area contributed by atoms with Gasteiger partial charge < -0.3 is 15.3 Å². The van der Waals surface area contributed by atoms with Gasteiger partial charge in [0.05, 0.1) is 5.60 Å². The Kier molecular flexibility index (Phi) is 7.14. The van der Waals surface area contributed by atoms with E-state index in [9.17, 15) is 5.11 Å². The van der Waals surface area contributed by atoms with Crippen LogP contribution in [0, 0.1) is 0 Å². The van der Waals surface area contributed by atoms with Gasteiger partial charge in [-0.05, 0) is 40.3 Å². The maximum absolute atomic E-state index is 9.74. The van der Waals surface area contributed by atoms with Gasteiger partial charge in [-0.15, -0.1) is 0 Å². The number of nitrogens with zero attached hydrogens (tertiary/aromatic N) is 1. The number of hydrogen-bond acceptors (Lipinski definition) is 3. The van der Waals surface area contributed by atoms with E-state index in [2.05, 4.69) is 24.1 Å². The van der Waals surface area contributed by atoms with Crippen molar-refractivity contribution in [3.05, 3.63) is 0 Å². The Morgan fingerprint density at radius 2 is 1.87 bits per heavy atom. The highest BCUT2D eigenvalue weighted by Crippen LogP contribution is 2.06. The van der Waals surface area contributed by atoms with E-state index in [1.165, 1.54) is 6.42 Å². The van der Waals surface area contributed by atoms with E-state index in [0.717, 1.165) is 26.2 Å². The first-order chi connectivity index (χ1) is 6.91. The monoisotopic (exact) mass is 216 g/mol. The molecule has 0 aromatic rings. The molecule has 0 saturated carbocycles. The highest BCUT2D eigenvalue weighted by Gasteiger charge is 2.21. The molecule has 2 N–H and O–H groups in total. The van der Waals surface area contributed by atoms with E-state index < -0.39 is 5.60 Å². The average molecular weight is 216 g/mol. The maximum atomic E-state index is 9.74. The van der Waals surface area contributed by atoms with Crippen molar-refractivity contribution in [1.82, 2.24) is 10.2 Å². The molecule has 0 aromatic carbocycles. The summed E-state index contributed by atoms with van der Waals surface area (Å²) < 4.78 is 0. The molecule has 0 fully saturated rings. The van der Waals surface area contributed by atoms with Crippen LogP contribution in [0.25, 0.3) is 0 Å². The molecular formula is C12H28N2O. The van der Waals surface area contributed by atoms with Crippen molar-refractivity contribution in [2.24, 2.45) is 0 Å². The third-order valence-corrected chi connectivity index (χ3v) is 2.93. The third-order valence-electron chi connectivity index (χ3n) is 2.93. The summed E-state index contributed by atoms with van der Waals surface area (Å²) in [6.45, 7) is 14.4. The molecule has 1 unspecified atom stereocenters. The van der Waals surface area contributed by atoms with Gasteiger partial charge in [0.1, 0.15) is 0 Å². The summed E-state index contributed by atoms with van der Waals surface area (Å²) in [6, 6.07) is 0.137. The molecule has 0 aromatic heterocycles. The molecule has 0 aliphatic heterocycles.